The van der Waals surface area contributed by atoms with Crippen LogP contribution in [0.2, 0.25) is 5.02 Å². The average Bonchev–Trinajstić information content (AvgIpc) is 2.49. The van der Waals surface area contributed by atoms with E-state index in [4.69, 9.17) is 11.6 Å². The highest BCUT2D eigenvalue weighted by Crippen LogP contribution is 2.31. The molecule has 0 radical (unpaired) electrons. The Morgan fingerprint density at radius 2 is 1.75 bits per heavy atom. The van der Waals surface area contributed by atoms with Crippen molar-refractivity contribution in [3.63, 3.8) is 0 Å². The standard InChI is InChI=1S/C19H25ClN2O2/c1-12-10-13(2)17(16(20)11-12)21-18(23)14-6-8-22(9-7-14)19(24)15-4-3-5-15/h10-11,14-15H,3-9H2,1-2H3,(H,21,23). The summed E-state index contributed by atoms with van der Waals surface area (Å²) in [6.45, 7) is 5.32. The molecule has 2 aliphatic rings. The van der Waals surface area contributed by atoms with Crippen molar-refractivity contribution in [2.45, 2.75) is 46.0 Å². The summed E-state index contributed by atoms with van der Waals surface area (Å²) in [6.07, 6.45) is 4.69. The predicted octanol–water partition coefficient (Wildman–Crippen LogP) is 3.93. The number of piperidine rings is 1. The third kappa shape index (κ3) is 3.59. The lowest BCUT2D eigenvalue weighted by Gasteiger charge is -2.36. The molecule has 1 aliphatic carbocycles. The first-order valence-electron chi connectivity index (χ1n) is 8.82. The van der Waals surface area contributed by atoms with Gasteiger partial charge in [-0.05, 0) is 56.7 Å². The van der Waals surface area contributed by atoms with E-state index in [1.54, 1.807) is 0 Å². The summed E-state index contributed by atoms with van der Waals surface area (Å²) in [6, 6.07) is 3.88. The Labute approximate surface area is 148 Å². The fraction of sp³-hybridized carbons (Fsp3) is 0.579. The zero-order valence-electron chi connectivity index (χ0n) is 14.4. The minimum absolute atomic E-state index is 0.0135. The van der Waals surface area contributed by atoms with Gasteiger partial charge in [0.1, 0.15) is 0 Å². The van der Waals surface area contributed by atoms with Crippen LogP contribution in [0.1, 0.15) is 43.2 Å². The van der Waals surface area contributed by atoms with E-state index < -0.39 is 0 Å². The average molecular weight is 349 g/mol. The van der Waals surface area contributed by atoms with E-state index in [0.29, 0.717) is 23.8 Å². The lowest BCUT2D eigenvalue weighted by molar-refractivity contribution is -0.140. The van der Waals surface area contributed by atoms with Gasteiger partial charge in [-0.25, -0.2) is 0 Å². The highest BCUT2D eigenvalue weighted by atomic mass is 35.5. The van der Waals surface area contributed by atoms with Crippen molar-refractivity contribution < 1.29 is 9.59 Å². The number of hydrogen-bond acceptors (Lipinski definition) is 2. The van der Waals surface area contributed by atoms with E-state index in [2.05, 4.69) is 5.32 Å². The van der Waals surface area contributed by atoms with Gasteiger partial charge in [0.05, 0.1) is 10.7 Å². The van der Waals surface area contributed by atoms with Gasteiger partial charge >= 0.3 is 0 Å². The van der Waals surface area contributed by atoms with Gasteiger partial charge in [0.15, 0.2) is 0 Å². The molecule has 0 unspecified atom stereocenters. The van der Waals surface area contributed by atoms with Crippen LogP contribution in [0.15, 0.2) is 12.1 Å². The van der Waals surface area contributed by atoms with E-state index in [1.165, 1.54) is 6.42 Å². The monoisotopic (exact) mass is 348 g/mol. The SMILES string of the molecule is Cc1cc(C)c(NC(=O)C2CCN(C(=O)C3CCC3)CC2)c(Cl)c1. The van der Waals surface area contributed by atoms with Crippen LogP contribution in [0.25, 0.3) is 0 Å². The number of amides is 2. The van der Waals surface area contributed by atoms with Crippen LogP contribution in [0.4, 0.5) is 5.69 Å². The number of hydrogen-bond donors (Lipinski definition) is 1. The molecular weight excluding hydrogens is 324 g/mol. The molecule has 1 aliphatic heterocycles. The van der Waals surface area contributed by atoms with Crippen molar-refractivity contribution >= 4 is 29.1 Å². The molecule has 1 N–H and O–H groups in total. The van der Waals surface area contributed by atoms with Crippen molar-refractivity contribution in [1.82, 2.24) is 4.90 Å². The zero-order valence-corrected chi connectivity index (χ0v) is 15.2. The molecule has 3 rings (SSSR count). The van der Waals surface area contributed by atoms with Crippen LogP contribution in [0.3, 0.4) is 0 Å². The van der Waals surface area contributed by atoms with Gasteiger partial charge < -0.3 is 10.2 Å². The molecule has 1 saturated carbocycles. The number of anilines is 1. The highest BCUT2D eigenvalue weighted by Gasteiger charge is 2.33. The Morgan fingerprint density at radius 1 is 1.08 bits per heavy atom. The van der Waals surface area contributed by atoms with Crippen molar-refractivity contribution in [2.24, 2.45) is 11.8 Å². The topological polar surface area (TPSA) is 49.4 Å². The normalized spacial score (nSPS) is 19.0. The number of carbonyl (C=O) groups is 2. The second-order valence-corrected chi connectivity index (χ2v) is 7.56. The Hall–Kier alpha value is -1.55. The minimum atomic E-state index is -0.0489. The number of benzene rings is 1. The van der Waals surface area contributed by atoms with Crippen LogP contribution in [0, 0.1) is 25.7 Å². The fourth-order valence-corrected chi connectivity index (χ4v) is 3.94. The highest BCUT2D eigenvalue weighted by molar-refractivity contribution is 6.34. The minimum Gasteiger partial charge on any atom is -0.342 e. The summed E-state index contributed by atoms with van der Waals surface area (Å²) in [5.74, 6) is 0.494. The van der Waals surface area contributed by atoms with Gasteiger partial charge in [0, 0.05) is 24.9 Å². The lowest BCUT2D eigenvalue weighted by atomic mass is 9.83. The number of nitrogens with one attached hydrogen (secondary N) is 1. The molecule has 2 amide bonds. The van der Waals surface area contributed by atoms with Gasteiger partial charge in [-0.1, -0.05) is 24.1 Å². The smallest absolute Gasteiger partial charge is 0.227 e. The second-order valence-electron chi connectivity index (χ2n) is 7.16. The summed E-state index contributed by atoms with van der Waals surface area (Å²) in [5, 5.41) is 3.57. The van der Waals surface area contributed by atoms with Gasteiger partial charge in [-0.2, -0.15) is 0 Å². The van der Waals surface area contributed by atoms with Crippen LogP contribution < -0.4 is 5.32 Å². The first-order chi connectivity index (χ1) is 11.5. The van der Waals surface area contributed by atoms with Crippen LogP contribution >= 0.6 is 11.6 Å². The van der Waals surface area contributed by atoms with Crippen LogP contribution in [-0.2, 0) is 9.59 Å². The number of aryl methyl sites for hydroxylation is 2. The van der Waals surface area contributed by atoms with Crippen molar-refractivity contribution in [3.8, 4) is 0 Å². The first kappa shape index (κ1) is 17.3. The molecule has 1 heterocycles. The maximum absolute atomic E-state index is 12.6. The van der Waals surface area contributed by atoms with Crippen molar-refractivity contribution in [3.05, 3.63) is 28.3 Å². The summed E-state index contributed by atoms with van der Waals surface area (Å²) < 4.78 is 0. The van der Waals surface area contributed by atoms with E-state index in [-0.39, 0.29) is 23.7 Å². The molecule has 0 atom stereocenters. The van der Waals surface area contributed by atoms with Crippen molar-refractivity contribution in [2.75, 3.05) is 18.4 Å². The number of carbonyl (C=O) groups excluding carboxylic acids is 2. The molecule has 2 fully saturated rings. The molecule has 1 aromatic rings. The molecule has 24 heavy (non-hydrogen) atoms. The molecule has 0 bridgehead atoms. The number of likely N-dealkylation sites (tertiary alicyclic amines) is 1. The third-order valence-corrected chi connectivity index (χ3v) is 5.61. The van der Waals surface area contributed by atoms with Gasteiger partial charge in [0.2, 0.25) is 11.8 Å². The number of halogens is 1. The Morgan fingerprint density at radius 3 is 2.29 bits per heavy atom. The molecule has 130 valence electrons. The molecule has 1 aromatic carbocycles. The zero-order chi connectivity index (χ0) is 17.3. The quantitative estimate of drug-likeness (QED) is 0.899. The summed E-state index contributed by atoms with van der Waals surface area (Å²) in [4.78, 5) is 26.8. The van der Waals surface area contributed by atoms with E-state index in [0.717, 1.165) is 36.8 Å². The summed E-state index contributed by atoms with van der Waals surface area (Å²) >= 11 is 6.27. The van der Waals surface area contributed by atoms with Gasteiger partial charge in [0.25, 0.3) is 0 Å². The largest absolute Gasteiger partial charge is 0.342 e. The molecule has 1 saturated heterocycles. The van der Waals surface area contributed by atoms with E-state index in [1.807, 2.05) is 30.9 Å². The molecule has 4 nitrogen and oxygen atoms in total. The Kier molecular flexibility index (Phi) is 5.14. The molecule has 0 spiro atoms. The van der Waals surface area contributed by atoms with Gasteiger partial charge in [-0.15, -0.1) is 0 Å². The fourth-order valence-electron chi connectivity index (χ4n) is 3.57. The maximum Gasteiger partial charge on any atom is 0.227 e. The predicted molar refractivity (Wildman–Crippen MR) is 96.2 cm³/mol. The first-order valence-corrected chi connectivity index (χ1v) is 9.20. The maximum atomic E-state index is 12.6. The Bertz CT molecular complexity index is 624. The third-order valence-electron chi connectivity index (χ3n) is 5.31. The van der Waals surface area contributed by atoms with E-state index >= 15 is 0 Å². The number of rotatable bonds is 3. The van der Waals surface area contributed by atoms with Gasteiger partial charge in [-0.3, -0.25) is 9.59 Å². The van der Waals surface area contributed by atoms with Crippen LogP contribution in [-0.4, -0.2) is 29.8 Å². The molecular formula is C19H25ClN2O2. The lowest BCUT2D eigenvalue weighted by Crippen LogP contribution is -2.45. The number of nitrogens with zero attached hydrogens (tertiary/aromatic N) is 1. The van der Waals surface area contributed by atoms with Crippen LogP contribution in [0.5, 0.6) is 0 Å². The second kappa shape index (κ2) is 7.14. The Balaban J connectivity index is 1.56. The summed E-state index contributed by atoms with van der Waals surface area (Å²) in [5.41, 5.74) is 2.77. The van der Waals surface area contributed by atoms with Crippen molar-refractivity contribution in [1.29, 1.82) is 0 Å². The van der Waals surface area contributed by atoms with E-state index in [9.17, 15) is 9.59 Å². The molecule has 0 aromatic heterocycles. The summed E-state index contributed by atoms with van der Waals surface area (Å²) in [7, 11) is 0. The molecule has 5 heteroatoms.